The molecular weight excluding hydrogens is 423 g/mol. The molecule has 1 aliphatic heterocycles. The fourth-order valence-corrected chi connectivity index (χ4v) is 4.94. The second-order valence-electron chi connectivity index (χ2n) is 6.89. The van der Waals surface area contributed by atoms with Crippen molar-refractivity contribution in [2.75, 3.05) is 24.9 Å². The first kappa shape index (κ1) is 22.5. The number of halogens is 1. The second kappa shape index (κ2) is 10.7. The summed E-state index contributed by atoms with van der Waals surface area (Å²) in [7, 11) is 1.50. The van der Waals surface area contributed by atoms with E-state index in [-0.39, 0.29) is 23.7 Å². The molecule has 2 aromatic rings. The van der Waals surface area contributed by atoms with Gasteiger partial charge < -0.3 is 15.4 Å². The van der Waals surface area contributed by atoms with E-state index in [4.69, 9.17) is 4.74 Å². The summed E-state index contributed by atoms with van der Waals surface area (Å²) in [6, 6.07) is 10.6. The summed E-state index contributed by atoms with van der Waals surface area (Å²) in [4.78, 5) is 26.9. The van der Waals surface area contributed by atoms with Crippen LogP contribution in [-0.4, -0.2) is 42.7 Å². The SMILES string of the molecule is COc1ccccc1C(=O)NC(CCSC)C(=O)NC1CCSc2ccc(F)cc21. The van der Waals surface area contributed by atoms with Gasteiger partial charge in [0.1, 0.15) is 17.6 Å². The van der Waals surface area contributed by atoms with E-state index in [1.165, 1.54) is 19.2 Å². The third kappa shape index (κ3) is 5.49. The molecule has 160 valence electrons. The fourth-order valence-electron chi connectivity index (χ4n) is 3.36. The van der Waals surface area contributed by atoms with Gasteiger partial charge in [0.15, 0.2) is 0 Å². The second-order valence-corrected chi connectivity index (χ2v) is 9.01. The molecule has 0 spiro atoms. The Balaban J connectivity index is 1.75. The lowest BCUT2D eigenvalue weighted by Gasteiger charge is -2.28. The molecule has 0 saturated heterocycles. The van der Waals surface area contributed by atoms with E-state index in [1.807, 2.05) is 6.26 Å². The van der Waals surface area contributed by atoms with Crippen LogP contribution in [0.15, 0.2) is 47.4 Å². The number of carbonyl (C=O) groups excluding carboxylic acids is 2. The van der Waals surface area contributed by atoms with Crippen LogP contribution in [0.4, 0.5) is 4.39 Å². The smallest absolute Gasteiger partial charge is 0.255 e. The number of fused-ring (bicyclic) bond motifs is 1. The Labute approximate surface area is 184 Å². The summed E-state index contributed by atoms with van der Waals surface area (Å²) in [6.45, 7) is 0. The highest BCUT2D eigenvalue weighted by Crippen LogP contribution is 2.36. The van der Waals surface area contributed by atoms with Crippen molar-refractivity contribution in [2.24, 2.45) is 0 Å². The highest BCUT2D eigenvalue weighted by atomic mass is 32.2. The Morgan fingerprint density at radius 2 is 2.10 bits per heavy atom. The molecule has 1 heterocycles. The van der Waals surface area contributed by atoms with E-state index >= 15 is 0 Å². The highest BCUT2D eigenvalue weighted by Gasteiger charge is 2.28. The zero-order chi connectivity index (χ0) is 21.5. The quantitative estimate of drug-likeness (QED) is 0.638. The molecule has 2 N–H and O–H groups in total. The molecule has 8 heteroatoms. The molecule has 2 atom stereocenters. The number of thioether (sulfide) groups is 2. The van der Waals surface area contributed by atoms with E-state index in [2.05, 4.69) is 10.6 Å². The van der Waals surface area contributed by atoms with Crippen LogP contribution in [0.25, 0.3) is 0 Å². The number of amides is 2. The first-order valence-electron chi connectivity index (χ1n) is 9.69. The summed E-state index contributed by atoms with van der Waals surface area (Å²) in [5.74, 6) is 1.06. The highest BCUT2D eigenvalue weighted by molar-refractivity contribution is 7.99. The number of rotatable bonds is 8. The number of ether oxygens (including phenoxy) is 1. The predicted octanol–water partition coefficient (Wildman–Crippen LogP) is 4.04. The molecule has 0 aromatic heterocycles. The summed E-state index contributed by atoms with van der Waals surface area (Å²) >= 11 is 3.26. The van der Waals surface area contributed by atoms with Gasteiger partial charge >= 0.3 is 0 Å². The molecule has 0 radical (unpaired) electrons. The maximum absolute atomic E-state index is 13.8. The van der Waals surface area contributed by atoms with E-state index < -0.39 is 6.04 Å². The maximum atomic E-state index is 13.8. The molecule has 2 aromatic carbocycles. The van der Waals surface area contributed by atoms with Crippen LogP contribution in [0.3, 0.4) is 0 Å². The Hall–Kier alpha value is -2.19. The summed E-state index contributed by atoms with van der Waals surface area (Å²) in [5.41, 5.74) is 1.17. The first-order chi connectivity index (χ1) is 14.5. The number of para-hydroxylation sites is 1. The van der Waals surface area contributed by atoms with Crippen molar-refractivity contribution < 1.29 is 18.7 Å². The van der Waals surface area contributed by atoms with E-state index in [9.17, 15) is 14.0 Å². The van der Waals surface area contributed by atoms with Crippen LogP contribution in [0.1, 0.15) is 34.8 Å². The molecular formula is C22H25FN2O3S2. The number of nitrogens with one attached hydrogen (secondary N) is 2. The van der Waals surface area contributed by atoms with Crippen LogP contribution in [0.5, 0.6) is 5.75 Å². The predicted molar refractivity (Wildman–Crippen MR) is 120 cm³/mol. The minimum Gasteiger partial charge on any atom is -0.496 e. The number of hydrogen-bond donors (Lipinski definition) is 2. The fraction of sp³-hybridized carbons (Fsp3) is 0.364. The molecule has 30 heavy (non-hydrogen) atoms. The van der Waals surface area contributed by atoms with Gasteiger partial charge in [-0.3, -0.25) is 9.59 Å². The van der Waals surface area contributed by atoms with Crippen molar-refractivity contribution in [3.05, 3.63) is 59.4 Å². The lowest BCUT2D eigenvalue weighted by molar-refractivity contribution is -0.123. The van der Waals surface area contributed by atoms with Crippen molar-refractivity contribution >= 4 is 35.3 Å². The number of benzene rings is 2. The van der Waals surface area contributed by atoms with Gasteiger partial charge in [-0.05, 0) is 60.7 Å². The summed E-state index contributed by atoms with van der Waals surface area (Å²) in [6.07, 6.45) is 3.16. The zero-order valence-electron chi connectivity index (χ0n) is 16.9. The topological polar surface area (TPSA) is 67.4 Å². The van der Waals surface area contributed by atoms with Gasteiger partial charge in [-0.2, -0.15) is 11.8 Å². The lowest BCUT2D eigenvalue weighted by Crippen LogP contribution is -2.48. The zero-order valence-corrected chi connectivity index (χ0v) is 18.6. The molecule has 3 rings (SSSR count). The van der Waals surface area contributed by atoms with Crippen LogP contribution in [0, 0.1) is 5.82 Å². The normalized spacial score (nSPS) is 16.3. The standard InChI is InChI=1S/C22H25FN2O3S2/c1-28-19-6-4-3-5-15(19)21(26)25-18(9-11-29-2)22(27)24-17-10-12-30-20-8-7-14(23)13-16(17)20/h3-8,13,17-18H,9-12H2,1-2H3,(H,24,27)(H,25,26). The monoisotopic (exact) mass is 448 g/mol. The van der Waals surface area contributed by atoms with Crippen molar-refractivity contribution in [2.45, 2.75) is 29.8 Å². The Morgan fingerprint density at radius 3 is 2.87 bits per heavy atom. The molecule has 2 unspecified atom stereocenters. The molecule has 0 bridgehead atoms. The largest absolute Gasteiger partial charge is 0.496 e. The molecule has 0 fully saturated rings. The molecule has 0 saturated carbocycles. The van der Waals surface area contributed by atoms with Gasteiger partial charge in [-0.25, -0.2) is 4.39 Å². The first-order valence-corrected chi connectivity index (χ1v) is 12.1. The van der Waals surface area contributed by atoms with Gasteiger partial charge in [0, 0.05) is 10.6 Å². The van der Waals surface area contributed by atoms with Crippen molar-refractivity contribution in [3.63, 3.8) is 0 Å². The number of hydrogen-bond acceptors (Lipinski definition) is 5. The average Bonchev–Trinajstić information content (AvgIpc) is 2.76. The van der Waals surface area contributed by atoms with Gasteiger partial charge in [0.05, 0.1) is 18.7 Å². The van der Waals surface area contributed by atoms with Crippen LogP contribution in [-0.2, 0) is 4.79 Å². The minimum atomic E-state index is -0.693. The van der Waals surface area contributed by atoms with Crippen LogP contribution >= 0.6 is 23.5 Å². The van der Waals surface area contributed by atoms with Gasteiger partial charge in [0.25, 0.3) is 5.91 Å². The van der Waals surface area contributed by atoms with Crippen LogP contribution in [0.2, 0.25) is 0 Å². The third-order valence-electron chi connectivity index (χ3n) is 4.91. The van der Waals surface area contributed by atoms with E-state index in [1.54, 1.807) is 53.9 Å². The molecule has 1 aliphatic rings. The molecule has 0 aliphatic carbocycles. The van der Waals surface area contributed by atoms with E-state index in [0.29, 0.717) is 24.2 Å². The Bertz CT molecular complexity index is 910. The molecule has 5 nitrogen and oxygen atoms in total. The Morgan fingerprint density at radius 1 is 1.30 bits per heavy atom. The Kier molecular flexibility index (Phi) is 8.04. The number of carbonyl (C=O) groups is 2. The maximum Gasteiger partial charge on any atom is 0.255 e. The van der Waals surface area contributed by atoms with Gasteiger partial charge in [0.2, 0.25) is 5.91 Å². The summed E-state index contributed by atoms with van der Waals surface area (Å²) < 4.78 is 19.0. The van der Waals surface area contributed by atoms with E-state index in [0.717, 1.165) is 22.0 Å². The number of methoxy groups -OCH3 is 1. The van der Waals surface area contributed by atoms with Gasteiger partial charge in [-0.1, -0.05) is 12.1 Å². The van der Waals surface area contributed by atoms with Gasteiger partial charge in [-0.15, -0.1) is 11.8 Å². The minimum absolute atomic E-state index is 0.264. The van der Waals surface area contributed by atoms with Crippen molar-refractivity contribution in [1.82, 2.24) is 10.6 Å². The average molecular weight is 449 g/mol. The van der Waals surface area contributed by atoms with Crippen LogP contribution < -0.4 is 15.4 Å². The van der Waals surface area contributed by atoms with Crippen molar-refractivity contribution in [3.8, 4) is 5.75 Å². The molecule has 2 amide bonds. The third-order valence-corrected chi connectivity index (χ3v) is 6.68. The lowest BCUT2D eigenvalue weighted by atomic mass is 10.0. The summed E-state index contributed by atoms with van der Waals surface area (Å²) in [5, 5.41) is 5.87. The van der Waals surface area contributed by atoms with Crippen molar-refractivity contribution in [1.29, 1.82) is 0 Å².